The van der Waals surface area contributed by atoms with E-state index in [0.29, 0.717) is 19.1 Å². The number of methoxy groups -OCH3 is 1. The monoisotopic (exact) mass is 387 g/mol. The maximum absolute atomic E-state index is 13.2. The molecule has 2 amide bonds. The van der Waals surface area contributed by atoms with Gasteiger partial charge in [0.25, 0.3) is 0 Å². The number of primary amides is 1. The van der Waals surface area contributed by atoms with Gasteiger partial charge in [-0.2, -0.15) is 0 Å². The molecule has 1 saturated carbocycles. The van der Waals surface area contributed by atoms with Crippen molar-refractivity contribution in [3.05, 3.63) is 24.3 Å². The molecule has 0 spiro atoms. The summed E-state index contributed by atoms with van der Waals surface area (Å²) in [6.07, 6.45) is 9.09. The van der Waals surface area contributed by atoms with Gasteiger partial charge in [0.05, 0.1) is 13.7 Å². The minimum absolute atomic E-state index is 0.0362. The molecule has 1 heterocycles. The highest BCUT2D eigenvalue weighted by atomic mass is 16.5. The number of likely N-dealkylation sites (tertiary alicyclic amines) is 1. The van der Waals surface area contributed by atoms with Gasteiger partial charge in [0.15, 0.2) is 0 Å². The molecule has 1 saturated heterocycles. The molecule has 0 radical (unpaired) electrons. The standard InChI is InChI=1S/C22H33N3O3/c1-28-19-11-9-18(10-12-19)25(15-13-21(23)26)22(27)16-24-14-5-8-20(24)17-6-3-2-4-7-17/h9-12,17,20H,2-8,13-16H2,1H3,(H2,23,26)/t20-/m0/s1. The normalized spacial score (nSPS) is 20.8. The van der Waals surface area contributed by atoms with Crippen molar-refractivity contribution < 1.29 is 14.3 Å². The average Bonchev–Trinajstić information content (AvgIpc) is 3.17. The Morgan fingerprint density at radius 3 is 2.46 bits per heavy atom. The van der Waals surface area contributed by atoms with Crippen LogP contribution in [0.3, 0.4) is 0 Å². The van der Waals surface area contributed by atoms with Gasteiger partial charge in [0.1, 0.15) is 5.75 Å². The van der Waals surface area contributed by atoms with E-state index >= 15 is 0 Å². The fourth-order valence-corrected chi connectivity index (χ4v) is 4.74. The molecule has 28 heavy (non-hydrogen) atoms. The summed E-state index contributed by atoms with van der Waals surface area (Å²) in [5.74, 6) is 1.11. The second kappa shape index (κ2) is 9.92. The van der Waals surface area contributed by atoms with Gasteiger partial charge in [-0.3, -0.25) is 14.5 Å². The van der Waals surface area contributed by atoms with E-state index in [9.17, 15) is 9.59 Å². The highest BCUT2D eigenvalue weighted by Gasteiger charge is 2.34. The summed E-state index contributed by atoms with van der Waals surface area (Å²) in [5.41, 5.74) is 6.12. The molecule has 6 heteroatoms. The van der Waals surface area contributed by atoms with E-state index < -0.39 is 5.91 Å². The molecule has 1 aliphatic carbocycles. The van der Waals surface area contributed by atoms with Crippen molar-refractivity contribution in [3.63, 3.8) is 0 Å². The second-order valence-electron chi connectivity index (χ2n) is 8.04. The van der Waals surface area contributed by atoms with E-state index in [1.54, 1.807) is 12.0 Å². The van der Waals surface area contributed by atoms with Crippen molar-refractivity contribution in [2.24, 2.45) is 11.7 Å². The Kier molecular flexibility index (Phi) is 7.31. The molecule has 0 aromatic heterocycles. The van der Waals surface area contributed by atoms with E-state index in [2.05, 4.69) is 4.90 Å². The van der Waals surface area contributed by atoms with Crippen LogP contribution in [0.25, 0.3) is 0 Å². The summed E-state index contributed by atoms with van der Waals surface area (Å²) in [4.78, 5) is 28.6. The fourth-order valence-electron chi connectivity index (χ4n) is 4.74. The molecule has 1 aromatic rings. The van der Waals surface area contributed by atoms with Gasteiger partial charge >= 0.3 is 0 Å². The highest BCUT2D eigenvalue weighted by molar-refractivity contribution is 5.95. The van der Waals surface area contributed by atoms with Crippen LogP contribution in [-0.2, 0) is 9.59 Å². The van der Waals surface area contributed by atoms with Crippen LogP contribution in [0.5, 0.6) is 5.75 Å². The first-order valence-corrected chi connectivity index (χ1v) is 10.5. The van der Waals surface area contributed by atoms with Crippen LogP contribution in [0.4, 0.5) is 5.69 Å². The SMILES string of the molecule is COc1ccc(N(CCC(N)=O)C(=O)CN2CCC[C@H]2C2CCCCC2)cc1. The van der Waals surface area contributed by atoms with E-state index in [-0.39, 0.29) is 12.3 Å². The van der Waals surface area contributed by atoms with Crippen molar-refractivity contribution in [3.8, 4) is 5.75 Å². The lowest BCUT2D eigenvalue weighted by Gasteiger charge is -2.35. The summed E-state index contributed by atoms with van der Waals surface area (Å²) >= 11 is 0. The Bertz CT molecular complexity index is 655. The molecular formula is C22H33N3O3. The third-order valence-corrected chi connectivity index (χ3v) is 6.21. The number of amides is 2. The fraction of sp³-hybridized carbons (Fsp3) is 0.636. The molecule has 2 aliphatic rings. The zero-order valence-corrected chi connectivity index (χ0v) is 16.9. The van der Waals surface area contributed by atoms with Crippen molar-refractivity contribution in [1.29, 1.82) is 0 Å². The van der Waals surface area contributed by atoms with Crippen molar-refractivity contribution in [2.75, 3.05) is 31.6 Å². The topological polar surface area (TPSA) is 75.9 Å². The molecule has 154 valence electrons. The molecule has 2 N–H and O–H groups in total. The minimum Gasteiger partial charge on any atom is -0.497 e. The number of nitrogens with two attached hydrogens (primary N) is 1. The lowest BCUT2D eigenvalue weighted by molar-refractivity contribution is -0.120. The van der Waals surface area contributed by atoms with E-state index in [1.807, 2.05) is 24.3 Å². The number of nitrogens with zero attached hydrogens (tertiary/aromatic N) is 2. The predicted molar refractivity (Wildman–Crippen MR) is 110 cm³/mol. The van der Waals surface area contributed by atoms with Crippen LogP contribution >= 0.6 is 0 Å². The first kappa shape index (κ1) is 20.6. The Hall–Kier alpha value is -2.08. The number of ether oxygens (including phenoxy) is 1. The van der Waals surface area contributed by atoms with Gasteiger partial charge in [0.2, 0.25) is 11.8 Å². The maximum atomic E-state index is 13.2. The number of rotatable bonds is 8. The third kappa shape index (κ3) is 5.25. The average molecular weight is 388 g/mol. The van der Waals surface area contributed by atoms with Crippen molar-refractivity contribution in [2.45, 2.75) is 57.4 Å². The molecule has 0 unspecified atom stereocenters. The Morgan fingerprint density at radius 1 is 1.11 bits per heavy atom. The number of hydrogen-bond acceptors (Lipinski definition) is 4. The Balaban J connectivity index is 1.69. The molecule has 1 aromatic carbocycles. The molecule has 3 rings (SSSR count). The maximum Gasteiger partial charge on any atom is 0.241 e. The number of hydrogen-bond donors (Lipinski definition) is 1. The van der Waals surface area contributed by atoms with Crippen LogP contribution in [0.1, 0.15) is 51.4 Å². The zero-order valence-electron chi connectivity index (χ0n) is 16.9. The van der Waals surface area contributed by atoms with Gasteiger partial charge in [0, 0.05) is 24.7 Å². The Morgan fingerprint density at radius 2 is 1.82 bits per heavy atom. The van der Waals surface area contributed by atoms with Gasteiger partial charge in [-0.05, 0) is 62.4 Å². The number of carbonyl (C=O) groups excluding carboxylic acids is 2. The van der Waals surface area contributed by atoms with Gasteiger partial charge in [-0.1, -0.05) is 19.3 Å². The predicted octanol–water partition coefficient (Wildman–Crippen LogP) is 2.95. The lowest BCUT2D eigenvalue weighted by Crippen LogP contribution is -2.45. The number of anilines is 1. The van der Waals surface area contributed by atoms with Crippen LogP contribution in [0, 0.1) is 5.92 Å². The highest BCUT2D eigenvalue weighted by Crippen LogP contribution is 2.34. The smallest absolute Gasteiger partial charge is 0.241 e. The summed E-state index contributed by atoms with van der Waals surface area (Å²) in [7, 11) is 1.61. The second-order valence-corrected chi connectivity index (χ2v) is 8.04. The van der Waals surface area contributed by atoms with E-state index in [0.717, 1.165) is 30.3 Å². The van der Waals surface area contributed by atoms with Crippen molar-refractivity contribution in [1.82, 2.24) is 4.90 Å². The van der Waals surface area contributed by atoms with Crippen LogP contribution < -0.4 is 15.4 Å². The molecule has 1 aliphatic heterocycles. The first-order chi connectivity index (χ1) is 13.6. The van der Waals surface area contributed by atoms with Crippen molar-refractivity contribution >= 4 is 17.5 Å². The summed E-state index contributed by atoms with van der Waals surface area (Å²) < 4.78 is 5.21. The lowest BCUT2D eigenvalue weighted by atomic mass is 9.83. The van der Waals surface area contributed by atoms with Crippen LogP contribution in [-0.4, -0.2) is 49.5 Å². The summed E-state index contributed by atoms with van der Waals surface area (Å²) in [5, 5.41) is 0. The van der Waals surface area contributed by atoms with Gasteiger partial charge in [-0.25, -0.2) is 0 Å². The summed E-state index contributed by atoms with van der Waals surface area (Å²) in [6.45, 7) is 1.70. The van der Waals surface area contributed by atoms with Crippen LogP contribution in [0.15, 0.2) is 24.3 Å². The molecule has 6 nitrogen and oxygen atoms in total. The third-order valence-electron chi connectivity index (χ3n) is 6.21. The number of benzene rings is 1. The quantitative estimate of drug-likeness (QED) is 0.744. The summed E-state index contributed by atoms with van der Waals surface area (Å²) in [6, 6.07) is 7.92. The molecule has 1 atom stereocenters. The minimum atomic E-state index is -0.396. The molecular weight excluding hydrogens is 354 g/mol. The van der Waals surface area contributed by atoms with E-state index in [1.165, 1.54) is 38.5 Å². The van der Waals surface area contributed by atoms with Gasteiger partial charge in [-0.15, -0.1) is 0 Å². The number of carbonyl (C=O) groups is 2. The molecule has 0 bridgehead atoms. The van der Waals surface area contributed by atoms with Crippen LogP contribution in [0.2, 0.25) is 0 Å². The molecule has 2 fully saturated rings. The zero-order chi connectivity index (χ0) is 19.9. The Labute approximate surface area is 168 Å². The largest absolute Gasteiger partial charge is 0.497 e. The van der Waals surface area contributed by atoms with E-state index in [4.69, 9.17) is 10.5 Å². The van der Waals surface area contributed by atoms with Gasteiger partial charge < -0.3 is 15.4 Å². The first-order valence-electron chi connectivity index (χ1n) is 10.5.